The molecule has 0 radical (unpaired) electrons. The molecule has 0 aromatic heterocycles. The highest BCUT2D eigenvalue weighted by molar-refractivity contribution is 8.00. The number of nitrogens with one attached hydrogen (secondary N) is 1. The van der Waals surface area contributed by atoms with Crippen LogP contribution in [-0.2, 0) is 9.84 Å². The summed E-state index contributed by atoms with van der Waals surface area (Å²) in [6, 6.07) is 6.16. The first-order chi connectivity index (χ1) is 8.83. The summed E-state index contributed by atoms with van der Waals surface area (Å²) in [6.07, 6.45) is 0. The van der Waals surface area contributed by atoms with Crippen molar-refractivity contribution in [3.05, 3.63) is 29.8 Å². The number of amidine groups is 1. The van der Waals surface area contributed by atoms with E-state index in [1.165, 1.54) is 12.1 Å². The summed E-state index contributed by atoms with van der Waals surface area (Å²) in [7, 11) is -3.23. The van der Waals surface area contributed by atoms with Gasteiger partial charge >= 0.3 is 0 Å². The number of nitrogens with two attached hydrogens (primary N) is 1. The fourth-order valence-corrected chi connectivity index (χ4v) is 4.22. The second-order valence-corrected chi connectivity index (χ2v) is 7.98. The quantitative estimate of drug-likeness (QED) is 0.459. The van der Waals surface area contributed by atoms with Gasteiger partial charge in [0.2, 0.25) is 0 Å². The molecule has 0 heterocycles. The Morgan fingerprint density at radius 1 is 1.32 bits per heavy atom. The Kier molecular flexibility index (Phi) is 5.87. The van der Waals surface area contributed by atoms with Crippen LogP contribution in [0.3, 0.4) is 0 Å². The fraction of sp³-hybridized carbons (Fsp3) is 0.462. The van der Waals surface area contributed by atoms with Crippen molar-refractivity contribution in [3.63, 3.8) is 0 Å². The molecule has 19 heavy (non-hydrogen) atoms. The van der Waals surface area contributed by atoms with Crippen LogP contribution in [0.5, 0.6) is 0 Å². The molecule has 0 aliphatic rings. The third-order valence-electron chi connectivity index (χ3n) is 2.47. The summed E-state index contributed by atoms with van der Waals surface area (Å²) < 4.78 is 24.1. The average molecular weight is 300 g/mol. The molecule has 0 saturated carbocycles. The maximum absolute atomic E-state index is 12.1. The molecule has 0 amide bonds. The monoisotopic (exact) mass is 300 g/mol. The second-order valence-electron chi connectivity index (χ2n) is 4.73. The van der Waals surface area contributed by atoms with Crippen molar-refractivity contribution in [1.82, 2.24) is 0 Å². The summed E-state index contributed by atoms with van der Waals surface area (Å²) in [5, 5.41) is 7.26. The molecule has 3 N–H and O–H groups in total. The number of rotatable bonds is 7. The van der Waals surface area contributed by atoms with Gasteiger partial charge in [-0.2, -0.15) is 11.8 Å². The van der Waals surface area contributed by atoms with Crippen LogP contribution in [-0.4, -0.2) is 31.5 Å². The molecular weight excluding hydrogens is 280 g/mol. The van der Waals surface area contributed by atoms with E-state index in [2.05, 4.69) is 13.8 Å². The van der Waals surface area contributed by atoms with E-state index in [0.717, 1.165) is 5.75 Å². The van der Waals surface area contributed by atoms with Gasteiger partial charge in [0.05, 0.1) is 10.6 Å². The van der Waals surface area contributed by atoms with Crippen molar-refractivity contribution in [2.75, 3.05) is 17.3 Å². The highest BCUT2D eigenvalue weighted by Crippen LogP contribution is 2.15. The first-order valence-electron chi connectivity index (χ1n) is 6.08. The molecule has 4 nitrogen and oxygen atoms in total. The molecule has 1 aromatic carbocycles. The van der Waals surface area contributed by atoms with Crippen molar-refractivity contribution >= 4 is 27.4 Å². The Morgan fingerprint density at radius 3 is 2.37 bits per heavy atom. The van der Waals surface area contributed by atoms with Gasteiger partial charge in [0, 0.05) is 11.3 Å². The van der Waals surface area contributed by atoms with Crippen molar-refractivity contribution in [1.29, 1.82) is 5.41 Å². The topological polar surface area (TPSA) is 84.0 Å². The molecule has 0 fully saturated rings. The number of hydrogen-bond acceptors (Lipinski definition) is 4. The van der Waals surface area contributed by atoms with Crippen molar-refractivity contribution in [3.8, 4) is 0 Å². The van der Waals surface area contributed by atoms with Gasteiger partial charge in [-0.3, -0.25) is 5.41 Å². The number of benzene rings is 1. The molecule has 0 aliphatic heterocycles. The van der Waals surface area contributed by atoms with Gasteiger partial charge in [-0.25, -0.2) is 8.42 Å². The van der Waals surface area contributed by atoms with Crippen molar-refractivity contribution in [2.24, 2.45) is 11.7 Å². The van der Waals surface area contributed by atoms with E-state index in [0.29, 0.717) is 22.1 Å². The predicted octanol–water partition coefficient (Wildman–Crippen LogP) is 2.13. The first kappa shape index (κ1) is 16.0. The van der Waals surface area contributed by atoms with Crippen molar-refractivity contribution < 1.29 is 8.42 Å². The lowest BCUT2D eigenvalue weighted by Gasteiger charge is -2.07. The van der Waals surface area contributed by atoms with Gasteiger partial charge in [-0.05, 0) is 23.8 Å². The highest BCUT2D eigenvalue weighted by Gasteiger charge is 2.14. The Hall–Kier alpha value is -1.01. The third-order valence-corrected chi connectivity index (χ3v) is 5.86. The summed E-state index contributed by atoms with van der Waals surface area (Å²) in [5.41, 5.74) is 5.87. The third kappa shape index (κ3) is 5.24. The maximum atomic E-state index is 12.1. The van der Waals surface area contributed by atoms with E-state index in [9.17, 15) is 8.42 Å². The van der Waals surface area contributed by atoms with E-state index < -0.39 is 9.84 Å². The molecule has 0 aliphatic carbocycles. The summed E-state index contributed by atoms with van der Waals surface area (Å²) in [4.78, 5) is 0.294. The van der Waals surface area contributed by atoms with Gasteiger partial charge < -0.3 is 5.73 Å². The van der Waals surface area contributed by atoms with Gasteiger partial charge in [0.15, 0.2) is 9.84 Å². The zero-order valence-electron chi connectivity index (χ0n) is 11.2. The van der Waals surface area contributed by atoms with Gasteiger partial charge in [-0.1, -0.05) is 26.0 Å². The number of sulfone groups is 1. The lowest BCUT2D eigenvalue weighted by Crippen LogP contribution is -2.12. The van der Waals surface area contributed by atoms with E-state index in [4.69, 9.17) is 11.1 Å². The largest absolute Gasteiger partial charge is 0.384 e. The SMILES string of the molecule is CC(C)CSCCS(=O)(=O)c1ccc(C(=N)N)cc1. The molecule has 0 spiro atoms. The van der Waals surface area contributed by atoms with E-state index in [1.54, 1.807) is 23.9 Å². The van der Waals surface area contributed by atoms with Crippen LogP contribution < -0.4 is 5.73 Å². The number of thioether (sulfide) groups is 1. The van der Waals surface area contributed by atoms with Crippen LogP contribution in [0.2, 0.25) is 0 Å². The number of hydrogen-bond donors (Lipinski definition) is 2. The smallest absolute Gasteiger partial charge is 0.179 e. The molecule has 0 unspecified atom stereocenters. The second kappa shape index (κ2) is 6.96. The van der Waals surface area contributed by atoms with Gasteiger partial charge in [0.1, 0.15) is 5.84 Å². The van der Waals surface area contributed by atoms with E-state index in [-0.39, 0.29) is 11.6 Å². The highest BCUT2D eigenvalue weighted by atomic mass is 32.2. The summed E-state index contributed by atoms with van der Waals surface area (Å²) in [6.45, 7) is 4.23. The Balaban J connectivity index is 2.64. The molecule has 0 atom stereocenters. The zero-order chi connectivity index (χ0) is 14.5. The lowest BCUT2D eigenvalue weighted by molar-refractivity contribution is 0.597. The Morgan fingerprint density at radius 2 is 1.89 bits per heavy atom. The number of nitrogen functional groups attached to an aromatic ring is 1. The predicted molar refractivity (Wildman–Crippen MR) is 81.7 cm³/mol. The molecule has 106 valence electrons. The Labute approximate surface area is 119 Å². The standard InChI is InChI=1S/C13H20N2O2S2/c1-10(2)9-18-7-8-19(16,17)12-5-3-11(4-6-12)13(14)15/h3-6,10H,7-9H2,1-2H3,(H3,14,15). The zero-order valence-corrected chi connectivity index (χ0v) is 12.9. The summed E-state index contributed by atoms with van der Waals surface area (Å²) in [5.74, 6) is 2.23. The fourth-order valence-electron chi connectivity index (χ4n) is 1.45. The van der Waals surface area contributed by atoms with Crippen molar-refractivity contribution in [2.45, 2.75) is 18.7 Å². The maximum Gasteiger partial charge on any atom is 0.179 e. The lowest BCUT2D eigenvalue weighted by atomic mass is 10.2. The van der Waals surface area contributed by atoms with E-state index in [1.807, 2.05) is 0 Å². The molecule has 6 heteroatoms. The van der Waals surface area contributed by atoms with Crippen LogP contribution in [0, 0.1) is 11.3 Å². The van der Waals surface area contributed by atoms with Gasteiger partial charge in [0.25, 0.3) is 0 Å². The molecule has 0 saturated heterocycles. The molecule has 1 rings (SSSR count). The summed E-state index contributed by atoms with van der Waals surface area (Å²) >= 11 is 1.66. The first-order valence-corrected chi connectivity index (χ1v) is 8.88. The van der Waals surface area contributed by atoms with Crippen LogP contribution in [0.15, 0.2) is 29.2 Å². The van der Waals surface area contributed by atoms with Crippen LogP contribution in [0.4, 0.5) is 0 Å². The van der Waals surface area contributed by atoms with Gasteiger partial charge in [-0.15, -0.1) is 0 Å². The van der Waals surface area contributed by atoms with Crippen LogP contribution >= 0.6 is 11.8 Å². The van der Waals surface area contributed by atoms with Crippen LogP contribution in [0.1, 0.15) is 19.4 Å². The average Bonchev–Trinajstić information content (AvgIpc) is 2.34. The minimum Gasteiger partial charge on any atom is -0.384 e. The normalized spacial score (nSPS) is 11.7. The Bertz CT molecular complexity index is 522. The minimum atomic E-state index is -3.23. The minimum absolute atomic E-state index is 0.0589. The molecular formula is C13H20N2O2S2. The molecule has 0 bridgehead atoms. The molecule has 1 aromatic rings. The van der Waals surface area contributed by atoms with Crippen LogP contribution in [0.25, 0.3) is 0 Å². The van der Waals surface area contributed by atoms with E-state index >= 15 is 0 Å².